The van der Waals surface area contributed by atoms with Crippen molar-refractivity contribution in [3.05, 3.63) is 40.7 Å². The van der Waals surface area contributed by atoms with Gasteiger partial charge >= 0.3 is 0 Å². The maximum absolute atomic E-state index is 6.04. The molecule has 0 radical (unpaired) electrons. The van der Waals surface area contributed by atoms with Crippen LogP contribution < -0.4 is 11.1 Å². The molecule has 1 atom stereocenters. The monoisotopic (exact) mass is 223 g/mol. The first-order valence-corrected chi connectivity index (χ1v) is 5.38. The summed E-state index contributed by atoms with van der Waals surface area (Å²) in [5.41, 5.74) is 8.23. The SMILES string of the molecule is NC1C=C(Cc2ccncc2Cl)CNC1. The Kier molecular flexibility index (Phi) is 3.36. The van der Waals surface area contributed by atoms with Crippen LogP contribution in [-0.2, 0) is 6.42 Å². The zero-order valence-corrected chi connectivity index (χ0v) is 9.17. The second-order valence-corrected chi connectivity index (χ2v) is 4.17. The lowest BCUT2D eigenvalue weighted by Crippen LogP contribution is -2.38. The van der Waals surface area contributed by atoms with E-state index in [2.05, 4.69) is 16.4 Å². The Hall–Kier alpha value is -0.900. The van der Waals surface area contributed by atoms with Crippen LogP contribution in [0.5, 0.6) is 0 Å². The van der Waals surface area contributed by atoms with E-state index in [1.165, 1.54) is 5.57 Å². The maximum atomic E-state index is 6.04. The van der Waals surface area contributed by atoms with Crippen LogP contribution in [0.2, 0.25) is 5.02 Å². The highest BCUT2D eigenvalue weighted by Crippen LogP contribution is 2.18. The van der Waals surface area contributed by atoms with Crippen LogP contribution in [0.4, 0.5) is 0 Å². The van der Waals surface area contributed by atoms with E-state index >= 15 is 0 Å². The molecular weight excluding hydrogens is 210 g/mol. The molecule has 0 amide bonds. The number of rotatable bonds is 2. The minimum Gasteiger partial charge on any atom is -0.323 e. The van der Waals surface area contributed by atoms with Crippen LogP contribution in [0.25, 0.3) is 0 Å². The summed E-state index contributed by atoms with van der Waals surface area (Å²) in [5, 5.41) is 3.99. The standard InChI is InChI=1S/C11H14ClN3/c12-11-7-14-2-1-9(11)3-8-4-10(13)6-15-5-8/h1-2,4,7,10,15H,3,5-6,13H2. The first kappa shape index (κ1) is 10.6. The van der Waals surface area contributed by atoms with E-state index in [0.29, 0.717) is 0 Å². The van der Waals surface area contributed by atoms with E-state index in [1.54, 1.807) is 12.4 Å². The van der Waals surface area contributed by atoms with Gasteiger partial charge in [0.15, 0.2) is 0 Å². The first-order chi connectivity index (χ1) is 7.25. The third kappa shape index (κ3) is 2.78. The van der Waals surface area contributed by atoms with Gasteiger partial charge in [0.25, 0.3) is 0 Å². The molecule has 1 aliphatic rings. The first-order valence-electron chi connectivity index (χ1n) is 5.00. The number of hydrogen-bond acceptors (Lipinski definition) is 3. The number of aromatic nitrogens is 1. The van der Waals surface area contributed by atoms with Crippen molar-refractivity contribution >= 4 is 11.6 Å². The molecule has 1 unspecified atom stereocenters. The highest BCUT2D eigenvalue weighted by atomic mass is 35.5. The quantitative estimate of drug-likeness (QED) is 0.740. The number of nitrogens with two attached hydrogens (primary N) is 1. The summed E-state index contributed by atoms with van der Waals surface area (Å²) < 4.78 is 0. The highest BCUT2D eigenvalue weighted by Gasteiger charge is 2.10. The van der Waals surface area contributed by atoms with E-state index < -0.39 is 0 Å². The van der Waals surface area contributed by atoms with Crippen molar-refractivity contribution in [2.24, 2.45) is 5.73 Å². The number of nitrogens with one attached hydrogen (secondary N) is 1. The molecule has 0 bridgehead atoms. The molecule has 3 N–H and O–H groups in total. The topological polar surface area (TPSA) is 50.9 Å². The van der Waals surface area contributed by atoms with Gasteiger partial charge in [-0.1, -0.05) is 23.3 Å². The lowest BCUT2D eigenvalue weighted by molar-refractivity contribution is 0.627. The normalized spacial score (nSPS) is 21.2. The summed E-state index contributed by atoms with van der Waals surface area (Å²) in [5.74, 6) is 0. The zero-order chi connectivity index (χ0) is 10.7. The van der Waals surface area contributed by atoms with Gasteiger partial charge < -0.3 is 11.1 Å². The van der Waals surface area contributed by atoms with Crippen LogP contribution in [0, 0.1) is 0 Å². The van der Waals surface area contributed by atoms with E-state index in [4.69, 9.17) is 17.3 Å². The molecule has 0 spiro atoms. The fraction of sp³-hybridized carbons (Fsp3) is 0.364. The summed E-state index contributed by atoms with van der Waals surface area (Å²) in [4.78, 5) is 3.96. The molecule has 1 aromatic rings. The molecule has 2 heterocycles. The van der Waals surface area contributed by atoms with Crippen molar-refractivity contribution < 1.29 is 0 Å². The molecule has 0 aliphatic carbocycles. The Bertz CT molecular complexity index is 376. The van der Waals surface area contributed by atoms with Gasteiger partial charge in [-0.25, -0.2) is 0 Å². The average molecular weight is 224 g/mol. The molecule has 0 saturated carbocycles. The predicted octanol–water partition coefficient (Wildman–Crippen LogP) is 1.13. The van der Waals surface area contributed by atoms with Gasteiger partial charge in [-0.3, -0.25) is 4.98 Å². The summed E-state index contributed by atoms with van der Waals surface area (Å²) in [6.45, 7) is 1.75. The Labute approximate surface area is 94.3 Å². The van der Waals surface area contributed by atoms with E-state index in [0.717, 1.165) is 30.1 Å². The Morgan fingerprint density at radius 3 is 3.20 bits per heavy atom. The molecule has 0 aromatic carbocycles. The summed E-state index contributed by atoms with van der Waals surface area (Å²) in [7, 11) is 0. The molecule has 1 aromatic heterocycles. The fourth-order valence-corrected chi connectivity index (χ4v) is 1.92. The van der Waals surface area contributed by atoms with Crippen molar-refractivity contribution in [2.75, 3.05) is 13.1 Å². The van der Waals surface area contributed by atoms with Gasteiger partial charge in [-0.2, -0.15) is 0 Å². The third-order valence-electron chi connectivity index (χ3n) is 2.46. The van der Waals surface area contributed by atoms with Gasteiger partial charge in [0, 0.05) is 31.5 Å². The summed E-state index contributed by atoms with van der Waals surface area (Å²) in [6, 6.07) is 2.07. The van der Waals surface area contributed by atoms with Crippen molar-refractivity contribution in [3.8, 4) is 0 Å². The van der Waals surface area contributed by atoms with E-state index in [1.807, 2.05) is 6.07 Å². The number of hydrogen-bond donors (Lipinski definition) is 2. The van der Waals surface area contributed by atoms with E-state index in [-0.39, 0.29) is 6.04 Å². The fourth-order valence-electron chi connectivity index (χ4n) is 1.73. The van der Waals surface area contributed by atoms with Gasteiger partial charge in [0.05, 0.1) is 5.02 Å². The summed E-state index contributed by atoms with van der Waals surface area (Å²) >= 11 is 6.04. The van der Waals surface area contributed by atoms with Crippen molar-refractivity contribution in [2.45, 2.75) is 12.5 Å². The highest BCUT2D eigenvalue weighted by molar-refractivity contribution is 6.31. The lowest BCUT2D eigenvalue weighted by atomic mass is 10.0. The van der Waals surface area contributed by atoms with Crippen LogP contribution in [0.15, 0.2) is 30.1 Å². The van der Waals surface area contributed by atoms with Crippen molar-refractivity contribution in [1.29, 1.82) is 0 Å². The number of halogens is 1. The smallest absolute Gasteiger partial charge is 0.0624 e. The van der Waals surface area contributed by atoms with Gasteiger partial charge in [0.2, 0.25) is 0 Å². The van der Waals surface area contributed by atoms with Crippen LogP contribution in [-0.4, -0.2) is 24.1 Å². The largest absolute Gasteiger partial charge is 0.323 e. The number of pyridine rings is 1. The molecule has 0 fully saturated rings. The van der Waals surface area contributed by atoms with E-state index in [9.17, 15) is 0 Å². The third-order valence-corrected chi connectivity index (χ3v) is 2.80. The van der Waals surface area contributed by atoms with Gasteiger partial charge in [0.1, 0.15) is 0 Å². The minimum atomic E-state index is 0.120. The molecule has 1 aliphatic heterocycles. The molecule has 15 heavy (non-hydrogen) atoms. The molecule has 3 nitrogen and oxygen atoms in total. The van der Waals surface area contributed by atoms with Crippen molar-refractivity contribution in [3.63, 3.8) is 0 Å². The average Bonchev–Trinajstić information content (AvgIpc) is 2.22. The molecule has 0 saturated heterocycles. The van der Waals surface area contributed by atoms with Gasteiger partial charge in [-0.05, 0) is 18.1 Å². The summed E-state index contributed by atoms with van der Waals surface area (Å²) in [6.07, 6.45) is 6.40. The lowest BCUT2D eigenvalue weighted by Gasteiger charge is -2.19. The van der Waals surface area contributed by atoms with Crippen LogP contribution >= 0.6 is 11.6 Å². The second kappa shape index (κ2) is 4.75. The van der Waals surface area contributed by atoms with Gasteiger partial charge in [-0.15, -0.1) is 0 Å². The predicted molar refractivity (Wildman–Crippen MR) is 61.9 cm³/mol. The molecular formula is C11H14ClN3. The maximum Gasteiger partial charge on any atom is 0.0624 e. The Morgan fingerprint density at radius 2 is 2.47 bits per heavy atom. The molecule has 80 valence electrons. The van der Waals surface area contributed by atoms with Crippen molar-refractivity contribution in [1.82, 2.24) is 10.3 Å². The molecule has 4 heteroatoms. The number of nitrogens with zero attached hydrogens (tertiary/aromatic N) is 1. The second-order valence-electron chi connectivity index (χ2n) is 3.76. The van der Waals surface area contributed by atoms with Crippen LogP contribution in [0.3, 0.4) is 0 Å². The Morgan fingerprint density at radius 1 is 1.60 bits per heavy atom. The molecule has 2 rings (SSSR count). The zero-order valence-electron chi connectivity index (χ0n) is 8.41. The Balaban J connectivity index is 2.12. The van der Waals surface area contributed by atoms with Crippen LogP contribution in [0.1, 0.15) is 5.56 Å². The minimum absolute atomic E-state index is 0.120.